The van der Waals surface area contributed by atoms with Gasteiger partial charge in [0.1, 0.15) is 0 Å². The summed E-state index contributed by atoms with van der Waals surface area (Å²) in [5.41, 5.74) is 13.9. The monoisotopic (exact) mass is 337 g/mol. The Balaban J connectivity index is 0.000000328. The third-order valence-corrected chi connectivity index (χ3v) is 2.73. The number of fused-ring (bicyclic) bond motifs is 3. The lowest BCUT2D eigenvalue weighted by Crippen LogP contribution is -2.30. The van der Waals surface area contributed by atoms with E-state index in [0.717, 1.165) is 33.1 Å². The Hall–Kier alpha value is -1.93. The highest BCUT2D eigenvalue weighted by molar-refractivity contribution is 6.06. The number of hydrogen-bond donors (Lipinski definition) is 3. The minimum atomic E-state index is -3.40. The fraction of sp³-hybridized carbons (Fsp3) is 0. The second-order valence-electron chi connectivity index (χ2n) is 4.08. The number of benzene rings is 2. The fourth-order valence-corrected chi connectivity index (χ4v) is 1.96. The average Bonchev–Trinajstić information content (AvgIpc) is 2.37. The molecule has 0 aliphatic rings. The summed E-state index contributed by atoms with van der Waals surface area (Å²) >= 11 is -3.40. The number of hydrogen-bond acceptors (Lipinski definition) is 6. The Labute approximate surface area is 120 Å². The van der Waals surface area contributed by atoms with E-state index in [1.54, 1.807) is 0 Å². The van der Waals surface area contributed by atoms with Crippen LogP contribution in [0.1, 0.15) is 0 Å². The van der Waals surface area contributed by atoms with E-state index in [1.165, 1.54) is 0 Å². The van der Waals surface area contributed by atoms with Crippen molar-refractivity contribution in [3.05, 3.63) is 42.6 Å². The van der Waals surface area contributed by atoms with E-state index in [2.05, 4.69) is 4.98 Å². The number of pyridine rings is 1. The van der Waals surface area contributed by atoms with Crippen molar-refractivity contribution >= 4 is 33.1 Å². The van der Waals surface area contributed by atoms with Gasteiger partial charge >= 0.3 is 14.8 Å². The molecule has 2 aromatic carbocycles. The largest absolute Gasteiger partial charge is 0.433 e. The van der Waals surface area contributed by atoms with Crippen molar-refractivity contribution in [2.24, 2.45) is 0 Å². The standard InChI is InChI=1S/C13H11N3.BrHO3/c14-9-1-3-11-8(5-9)7-16-13-6-10(15)2-4-12(11)13;2-1(3)4/h1-7H,14-15H2;2H. The molecule has 0 amide bonds. The number of nitrogen functional groups attached to an aromatic ring is 2. The minimum absolute atomic E-state index is 0.731. The molecular weight excluding hydrogens is 326 g/mol. The second kappa shape index (κ2) is 6.02. The first-order valence-corrected chi connectivity index (χ1v) is 7.56. The molecule has 0 saturated carbocycles. The molecule has 1 aromatic heterocycles. The van der Waals surface area contributed by atoms with E-state index in [-0.39, 0.29) is 0 Å². The van der Waals surface area contributed by atoms with Gasteiger partial charge in [-0.1, -0.05) is 12.1 Å². The summed E-state index contributed by atoms with van der Waals surface area (Å²) < 4.78 is 24.3. The molecule has 3 rings (SSSR count). The Morgan fingerprint density at radius 1 is 0.950 bits per heavy atom. The van der Waals surface area contributed by atoms with Gasteiger partial charge in [0.15, 0.2) is 0 Å². The molecule has 20 heavy (non-hydrogen) atoms. The molecule has 3 aromatic rings. The second-order valence-corrected chi connectivity index (χ2v) is 4.93. The zero-order chi connectivity index (χ0) is 14.7. The fourth-order valence-electron chi connectivity index (χ4n) is 1.96. The molecular formula is C13H12BrN3O3. The van der Waals surface area contributed by atoms with Crippen LogP contribution in [0.25, 0.3) is 21.7 Å². The van der Waals surface area contributed by atoms with Crippen molar-refractivity contribution in [2.45, 2.75) is 0 Å². The summed E-state index contributed by atoms with van der Waals surface area (Å²) in [6.45, 7) is 0. The quantitative estimate of drug-likeness (QED) is 0.378. The topological polar surface area (TPSA) is 131 Å². The van der Waals surface area contributed by atoms with Crippen molar-refractivity contribution in [2.75, 3.05) is 11.5 Å². The van der Waals surface area contributed by atoms with Gasteiger partial charge < -0.3 is 19.9 Å². The van der Waals surface area contributed by atoms with E-state index < -0.39 is 14.8 Å². The third kappa shape index (κ3) is 3.34. The normalized spacial score (nSPS) is 10.6. The van der Waals surface area contributed by atoms with Gasteiger partial charge in [0.2, 0.25) is 0 Å². The Kier molecular flexibility index (Phi) is 4.35. The number of nitrogens with two attached hydrogens (primary N) is 2. The molecule has 0 unspecified atom stereocenters. The zero-order valence-electron chi connectivity index (χ0n) is 10.3. The summed E-state index contributed by atoms with van der Waals surface area (Å²) in [4.78, 5) is 4.38. The molecule has 0 radical (unpaired) electrons. The van der Waals surface area contributed by atoms with Crippen LogP contribution in [0, 0.1) is 14.8 Å². The molecule has 0 saturated heterocycles. The summed E-state index contributed by atoms with van der Waals surface area (Å²) in [6, 6.07) is 11.6. The maximum absolute atomic E-state index is 8.63. The molecule has 0 atom stereocenters. The molecule has 5 N–H and O–H groups in total. The van der Waals surface area contributed by atoms with E-state index in [0.29, 0.717) is 0 Å². The van der Waals surface area contributed by atoms with E-state index in [1.807, 2.05) is 42.6 Å². The lowest BCUT2D eigenvalue weighted by molar-refractivity contribution is -1.63. The number of aromatic nitrogens is 1. The predicted molar refractivity (Wildman–Crippen MR) is 70.3 cm³/mol. The molecule has 0 aliphatic heterocycles. The first kappa shape index (κ1) is 14.5. The van der Waals surface area contributed by atoms with Crippen LogP contribution < -0.4 is 19.9 Å². The average molecular weight is 338 g/mol. The van der Waals surface area contributed by atoms with Crippen molar-refractivity contribution in [3.8, 4) is 0 Å². The Bertz CT molecular complexity index is 686. The summed E-state index contributed by atoms with van der Waals surface area (Å²) in [5, 5.41) is 3.31. The van der Waals surface area contributed by atoms with E-state index >= 15 is 0 Å². The maximum Gasteiger partial charge on any atom is 0.433 e. The van der Waals surface area contributed by atoms with Crippen LogP contribution in [0.15, 0.2) is 42.6 Å². The molecule has 7 heteroatoms. The molecule has 0 fully saturated rings. The lowest BCUT2D eigenvalue weighted by atomic mass is 10.1. The van der Waals surface area contributed by atoms with Crippen LogP contribution in [-0.4, -0.2) is 9.18 Å². The molecule has 1 heterocycles. The van der Waals surface area contributed by atoms with Gasteiger partial charge in [0.05, 0.1) is 5.52 Å². The van der Waals surface area contributed by atoms with Crippen molar-refractivity contribution in [1.82, 2.24) is 4.98 Å². The van der Waals surface area contributed by atoms with Crippen LogP contribution in [0.5, 0.6) is 0 Å². The molecule has 104 valence electrons. The molecule has 0 spiro atoms. The summed E-state index contributed by atoms with van der Waals surface area (Å²) in [6.07, 6.45) is 1.83. The molecule has 6 nitrogen and oxygen atoms in total. The van der Waals surface area contributed by atoms with E-state index in [9.17, 15) is 0 Å². The third-order valence-electron chi connectivity index (χ3n) is 2.73. The number of nitrogens with zero attached hydrogens (tertiary/aromatic N) is 1. The van der Waals surface area contributed by atoms with Crippen LogP contribution >= 0.6 is 0 Å². The van der Waals surface area contributed by atoms with Crippen LogP contribution in [-0.2, 0) is 0 Å². The zero-order valence-corrected chi connectivity index (χ0v) is 11.9. The number of anilines is 2. The molecule has 0 bridgehead atoms. The van der Waals surface area contributed by atoms with Gasteiger partial charge in [-0.2, -0.15) is 0 Å². The maximum atomic E-state index is 8.63. The molecule has 0 aliphatic carbocycles. The minimum Gasteiger partial charge on any atom is -0.399 e. The van der Waals surface area contributed by atoms with E-state index in [4.69, 9.17) is 24.1 Å². The van der Waals surface area contributed by atoms with Gasteiger partial charge in [0, 0.05) is 28.3 Å². The van der Waals surface area contributed by atoms with Crippen LogP contribution in [0.4, 0.5) is 11.4 Å². The SMILES string of the molecule is Nc1ccc2c(cnc3cc(N)ccc32)c1.[O-][Br+2]([O-])O. The van der Waals surface area contributed by atoms with Gasteiger partial charge in [-0.15, -0.1) is 0 Å². The highest BCUT2D eigenvalue weighted by atomic mass is 80.0. The highest BCUT2D eigenvalue weighted by Gasteiger charge is 2.02. The number of rotatable bonds is 0. The van der Waals surface area contributed by atoms with Crippen molar-refractivity contribution in [3.63, 3.8) is 0 Å². The van der Waals surface area contributed by atoms with Gasteiger partial charge in [-0.05, 0) is 33.8 Å². The van der Waals surface area contributed by atoms with Crippen molar-refractivity contribution in [1.29, 1.82) is 0 Å². The van der Waals surface area contributed by atoms with Gasteiger partial charge in [-0.3, -0.25) is 4.98 Å². The predicted octanol–water partition coefficient (Wildman–Crippen LogP) is -0.383. The Morgan fingerprint density at radius 3 is 2.15 bits per heavy atom. The summed E-state index contributed by atoms with van der Waals surface area (Å²) in [7, 11) is 0. The highest BCUT2D eigenvalue weighted by Crippen LogP contribution is 2.26. The van der Waals surface area contributed by atoms with Crippen molar-refractivity contribution < 1.29 is 27.4 Å². The van der Waals surface area contributed by atoms with Gasteiger partial charge in [0.25, 0.3) is 0 Å². The van der Waals surface area contributed by atoms with Gasteiger partial charge in [-0.25, -0.2) is 0 Å². The summed E-state index contributed by atoms with van der Waals surface area (Å²) in [5.74, 6) is 0. The smallest absolute Gasteiger partial charge is 0.399 e. The lowest BCUT2D eigenvalue weighted by Gasteiger charge is -2.04. The van der Waals surface area contributed by atoms with Crippen LogP contribution in [0.3, 0.4) is 0 Å². The van der Waals surface area contributed by atoms with Crippen LogP contribution in [0.2, 0.25) is 0 Å². The Morgan fingerprint density at radius 2 is 1.50 bits per heavy atom. The number of halogens is 1. The first-order chi connectivity index (χ1) is 9.47. The first-order valence-electron chi connectivity index (χ1n) is 5.55.